The van der Waals surface area contributed by atoms with Crippen LogP contribution >= 0.6 is 0 Å². The number of aliphatic hydroxyl groups is 1. The Morgan fingerprint density at radius 1 is 1.55 bits per heavy atom. The molecule has 0 aliphatic carbocycles. The molecule has 1 saturated heterocycles. The van der Waals surface area contributed by atoms with Gasteiger partial charge < -0.3 is 14.7 Å². The van der Waals surface area contributed by atoms with Gasteiger partial charge in [0.15, 0.2) is 0 Å². The number of carboxylic acids is 1. The lowest BCUT2D eigenvalue weighted by atomic mass is 10.1. The topological polar surface area (TPSA) is 57.5 Å². The van der Waals surface area contributed by atoms with Crippen LogP contribution in [0, 0.1) is 0 Å². The molecule has 1 rings (SSSR count). The van der Waals surface area contributed by atoms with Gasteiger partial charge in [-0.15, -0.1) is 0 Å². The third-order valence-electron chi connectivity index (χ3n) is 2.37. The Kier molecular flexibility index (Phi) is 1.90. The third kappa shape index (κ3) is 1.36. The zero-order valence-corrected chi connectivity index (χ0v) is 6.82. The Morgan fingerprint density at radius 3 is 2.27 bits per heavy atom. The van der Waals surface area contributed by atoms with E-state index in [1.165, 1.54) is 0 Å². The largest absolute Gasteiger partial charge is 0.477 e. The van der Waals surface area contributed by atoms with Gasteiger partial charge in [-0.05, 0) is 0 Å². The van der Waals surface area contributed by atoms with Crippen molar-refractivity contribution in [2.75, 3.05) is 20.6 Å². The van der Waals surface area contributed by atoms with Gasteiger partial charge in [0.25, 0.3) is 0 Å². The van der Waals surface area contributed by atoms with E-state index < -0.39 is 18.1 Å². The average Bonchev–Trinajstić information content (AvgIpc) is 2.06. The highest BCUT2D eigenvalue weighted by Gasteiger charge is 2.46. The molecular weight excluding hydrogens is 146 g/mol. The summed E-state index contributed by atoms with van der Waals surface area (Å²) in [5.41, 5.74) is 0. The fraction of sp³-hybridized carbons (Fsp3) is 0.857. The predicted molar refractivity (Wildman–Crippen MR) is 39.0 cm³/mol. The SMILES string of the molecule is C[N+]1(C)CCC(O)C1C(=O)O. The second-order valence-corrected chi connectivity index (χ2v) is 3.64. The first-order valence-corrected chi connectivity index (χ1v) is 3.69. The molecule has 1 fully saturated rings. The number of likely N-dealkylation sites (N-methyl/N-ethyl adjacent to an activating group) is 1. The highest BCUT2D eigenvalue weighted by Crippen LogP contribution is 2.22. The van der Waals surface area contributed by atoms with E-state index in [2.05, 4.69) is 0 Å². The summed E-state index contributed by atoms with van der Waals surface area (Å²) in [5, 5.41) is 18.0. The third-order valence-corrected chi connectivity index (χ3v) is 2.37. The van der Waals surface area contributed by atoms with Gasteiger partial charge in [0.05, 0.1) is 20.6 Å². The fourth-order valence-corrected chi connectivity index (χ4v) is 1.69. The van der Waals surface area contributed by atoms with Crippen molar-refractivity contribution in [3.05, 3.63) is 0 Å². The summed E-state index contributed by atoms with van der Waals surface area (Å²) in [6.45, 7) is 0.734. The number of likely N-dealkylation sites (tertiary alicyclic amines) is 1. The molecule has 0 aromatic rings. The molecule has 1 heterocycles. The first-order valence-electron chi connectivity index (χ1n) is 3.69. The molecule has 64 valence electrons. The highest BCUT2D eigenvalue weighted by atomic mass is 16.4. The summed E-state index contributed by atoms with van der Waals surface area (Å²) in [6.07, 6.45) is -0.0910. The zero-order valence-electron chi connectivity index (χ0n) is 6.82. The van der Waals surface area contributed by atoms with Gasteiger partial charge in [-0.25, -0.2) is 4.79 Å². The maximum Gasteiger partial charge on any atom is 0.365 e. The normalized spacial score (nSPS) is 35.5. The van der Waals surface area contributed by atoms with Crippen LogP contribution < -0.4 is 0 Å². The Balaban J connectivity index is 2.80. The summed E-state index contributed by atoms with van der Waals surface area (Å²) in [4.78, 5) is 10.7. The maximum absolute atomic E-state index is 10.7. The Bertz CT molecular complexity index is 179. The van der Waals surface area contributed by atoms with Crippen LogP contribution in [0.1, 0.15) is 6.42 Å². The predicted octanol–water partition coefficient (Wildman–Crippen LogP) is -0.719. The van der Waals surface area contributed by atoms with Crippen LogP contribution in [0.2, 0.25) is 0 Å². The van der Waals surface area contributed by atoms with E-state index in [0.717, 1.165) is 6.54 Å². The number of nitrogens with zero attached hydrogens (tertiary/aromatic N) is 1. The molecule has 11 heavy (non-hydrogen) atoms. The van der Waals surface area contributed by atoms with Gasteiger partial charge >= 0.3 is 5.97 Å². The van der Waals surface area contributed by atoms with Crippen LogP contribution in [0.25, 0.3) is 0 Å². The molecule has 0 aromatic carbocycles. The molecule has 4 heteroatoms. The quantitative estimate of drug-likeness (QED) is 0.498. The van der Waals surface area contributed by atoms with E-state index >= 15 is 0 Å². The first-order chi connectivity index (χ1) is 4.95. The Morgan fingerprint density at radius 2 is 2.09 bits per heavy atom. The first kappa shape index (κ1) is 8.49. The van der Waals surface area contributed by atoms with Crippen molar-refractivity contribution in [3.8, 4) is 0 Å². The van der Waals surface area contributed by atoms with Crippen molar-refractivity contribution in [1.82, 2.24) is 0 Å². The highest BCUT2D eigenvalue weighted by molar-refractivity contribution is 5.73. The lowest BCUT2D eigenvalue weighted by Gasteiger charge is -2.29. The Hall–Kier alpha value is -0.610. The molecule has 4 nitrogen and oxygen atoms in total. The van der Waals surface area contributed by atoms with Gasteiger partial charge in [-0.2, -0.15) is 0 Å². The number of quaternary nitrogens is 1. The second kappa shape index (κ2) is 2.46. The summed E-state index contributed by atoms with van der Waals surface area (Å²) >= 11 is 0. The van der Waals surface area contributed by atoms with E-state index in [-0.39, 0.29) is 0 Å². The average molecular weight is 160 g/mol. The van der Waals surface area contributed by atoms with Gasteiger partial charge in [-0.3, -0.25) is 0 Å². The summed E-state index contributed by atoms with van der Waals surface area (Å²) < 4.78 is 0.385. The van der Waals surface area contributed by atoms with E-state index in [9.17, 15) is 9.90 Å². The van der Waals surface area contributed by atoms with Crippen molar-refractivity contribution in [2.45, 2.75) is 18.6 Å². The number of carbonyl (C=O) groups is 1. The number of rotatable bonds is 1. The number of hydrogen-bond donors (Lipinski definition) is 2. The van der Waals surface area contributed by atoms with Crippen LogP contribution in [0.4, 0.5) is 0 Å². The maximum atomic E-state index is 10.7. The summed E-state index contributed by atoms with van der Waals surface area (Å²) in [7, 11) is 3.66. The van der Waals surface area contributed by atoms with Crippen LogP contribution in [0.5, 0.6) is 0 Å². The number of aliphatic carboxylic acids is 1. The molecule has 2 atom stereocenters. The lowest BCUT2D eigenvalue weighted by molar-refractivity contribution is -0.895. The molecule has 2 unspecified atom stereocenters. The van der Waals surface area contributed by atoms with Crippen LogP contribution in [0.3, 0.4) is 0 Å². The molecule has 0 spiro atoms. The Labute approximate surface area is 65.6 Å². The van der Waals surface area contributed by atoms with Crippen LogP contribution in [-0.2, 0) is 4.79 Å². The number of hydrogen-bond acceptors (Lipinski definition) is 2. The van der Waals surface area contributed by atoms with E-state index in [0.29, 0.717) is 10.9 Å². The van der Waals surface area contributed by atoms with Crippen LogP contribution in [-0.4, -0.2) is 53.5 Å². The van der Waals surface area contributed by atoms with Gasteiger partial charge in [0.2, 0.25) is 6.04 Å². The summed E-state index contributed by atoms with van der Waals surface area (Å²) in [5.74, 6) is -0.903. The lowest BCUT2D eigenvalue weighted by Crippen LogP contribution is -2.51. The van der Waals surface area contributed by atoms with E-state index in [1.54, 1.807) is 0 Å². The number of carboxylic acid groups (broad SMARTS) is 1. The minimum Gasteiger partial charge on any atom is -0.477 e. The van der Waals surface area contributed by atoms with Gasteiger partial charge in [-0.1, -0.05) is 0 Å². The monoisotopic (exact) mass is 160 g/mol. The van der Waals surface area contributed by atoms with Gasteiger partial charge in [0, 0.05) is 6.42 Å². The molecule has 1 aliphatic rings. The van der Waals surface area contributed by atoms with Crippen molar-refractivity contribution < 1.29 is 19.5 Å². The van der Waals surface area contributed by atoms with Crippen molar-refractivity contribution in [1.29, 1.82) is 0 Å². The molecule has 0 bridgehead atoms. The fourth-order valence-electron chi connectivity index (χ4n) is 1.69. The molecule has 1 aliphatic heterocycles. The molecule has 0 amide bonds. The minimum atomic E-state index is -0.903. The van der Waals surface area contributed by atoms with E-state index in [1.807, 2.05) is 14.1 Å². The zero-order chi connectivity index (χ0) is 8.65. The van der Waals surface area contributed by atoms with Crippen molar-refractivity contribution in [3.63, 3.8) is 0 Å². The van der Waals surface area contributed by atoms with Crippen LogP contribution in [0.15, 0.2) is 0 Å². The number of aliphatic hydroxyl groups excluding tert-OH is 1. The smallest absolute Gasteiger partial charge is 0.365 e. The van der Waals surface area contributed by atoms with Crippen molar-refractivity contribution >= 4 is 5.97 Å². The molecule has 0 aromatic heterocycles. The molecule has 0 radical (unpaired) electrons. The van der Waals surface area contributed by atoms with E-state index in [4.69, 9.17) is 5.11 Å². The standard InChI is InChI=1S/C7H13NO3/c1-8(2)4-3-5(9)6(8)7(10)11/h5-6,9H,3-4H2,1-2H3/p+1. The second-order valence-electron chi connectivity index (χ2n) is 3.64. The molecular formula is C7H14NO3+. The summed E-state index contributed by atoms with van der Waals surface area (Å²) in [6, 6.07) is -0.644. The molecule has 0 saturated carbocycles. The molecule has 2 N–H and O–H groups in total. The van der Waals surface area contributed by atoms with Crippen molar-refractivity contribution in [2.24, 2.45) is 0 Å². The van der Waals surface area contributed by atoms with Gasteiger partial charge in [0.1, 0.15) is 6.10 Å². The minimum absolute atomic E-state index is 0.385.